The Bertz CT molecular complexity index is 385. The third kappa shape index (κ3) is 10.7. The maximum Gasteiger partial charge on any atom is 0.335 e. The van der Waals surface area contributed by atoms with Crippen LogP contribution >= 0.6 is 0 Å². The molecule has 3 amide bonds. The minimum atomic E-state index is -1.06. The molecular weight excluding hydrogens is 300 g/mol. The van der Waals surface area contributed by atoms with Crippen LogP contribution in [0.1, 0.15) is 53.9 Å². The van der Waals surface area contributed by atoms with E-state index in [2.05, 4.69) is 24.5 Å². The zero-order valence-electron chi connectivity index (χ0n) is 14.8. The lowest BCUT2D eigenvalue weighted by Gasteiger charge is -2.17. The summed E-state index contributed by atoms with van der Waals surface area (Å²) < 4.78 is 10.4. The van der Waals surface area contributed by atoms with Crippen molar-refractivity contribution < 1.29 is 23.9 Å². The second-order valence-electron chi connectivity index (χ2n) is 5.87. The number of hydrogen-bond donors (Lipinski definition) is 2. The van der Waals surface area contributed by atoms with Crippen molar-refractivity contribution in [3.05, 3.63) is 0 Å². The van der Waals surface area contributed by atoms with Crippen molar-refractivity contribution in [2.45, 2.75) is 66.1 Å². The van der Waals surface area contributed by atoms with Crippen LogP contribution in [0.4, 0.5) is 4.79 Å². The molecule has 7 nitrogen and oxygen atoms in total. The van der Waals surface area contributed by atoms with Gasteiger partial charge in [0.15, 0.2) is 12.2 Å². The van der Waals surface area contributed by atoms with Gasteiger partial charge in [0, 0.05) is 13.2 Å². The predicted octanol–water partition coefficient (Wildman–Crippen LogP) is 2.00. The highest BCUT2D eigenvalue weighted by Gasteiger charge is 2.23. The van der Waals surface area contributed by atoms with Crippen molar-refractivity contribution in [3.8, 4) is 0 Å². The van der Waals surface area contributed by atoms with E-state index in [4.69, 9.17) is 9.47 Å². The Morgan fingerprint density at radius 2 is 1.70 bits per heavy atom. The monoisotopic (exact) mass is 330 g/mol. The number of hydrogen-bond acceptors (Lipinski definition) is 5. The number of nitrogens with one attached hydrogen (secondary N) is 2. The summed E-state index contributed by atoms with van der Waals surface area (Å²) in [5, 5.41) is 4.68. The maximum atomic E-state index is 11.8. The minimum absolute atomic E-state index is 0.453. The van der Waals surface area contributed by atoms with Crippen LogP contribution in [0, 0.1) is 5.92 Å². The van der Waals surface area contributed by atoms with E-state index in [0.717, 1.165) is 19.3 Å². The average Bonchev–Trinajstić information content (AvgIpc) is 2.46. The summed E-state index contributed by atoms with van der Waals surface area (Å²) in [6.45, 7) is 10.0. The van der Waals surface area contributed by atoms with E-state index in [1.54, 1.807) is 6.92 Å². The van der Waals surface area contributed by atoms with Gasteiger partial charge in [0.25, 0.3) is 5.91 Å². The number of unbranched alkanes of at least 4 members (excludes halogenated alkanes) is 1. The number of amides is 3. The van der Waals surface area contributed by atoms with Crippen LogP contribution in [0.3, 0.4) is 0 Å². The summed E-state index contributed by atoms with van der Waals surface area (Å²) in [5.74, 6) is -0.807. The lowest BCUT2D eigenvalue weighted by molar-refractivity contribution is -0.164. The highest BCUT2D eigenvalue weighted by Crippen LogP contribution is 2.04. The highest BCUT2D eigenvalue weighted by atomic mass is 16.6. The number of carbonyl (C=O) groups is 3. The van der Waals surface area contributed by atoms with Crippen molar-refractivity contribution in [2.75, 3.05) is 13.2 Å². The molecule has 0 aromatic rings. The molecule has 0 aliphatic rings. The first-order chi connectivity index (χ1) is 10.8. The van der Waals surface area contributed by atoms with E-state index >= 15 is 0 Å². The largest absolute Gasteiger partial charge is 0.451 e. The maximum absolute atomic E-state index is 11.8. The van der Waals surface area contributed by atoms with Crippen molar-refractivity contribution >= 4 is 17.9 Å². The topological polar surface area (TPSA) is 93.7 Å². The fourth-order valence-electron chi connectivity index (χ4n) is 1.51. The molecule has 0 aliphatic heterocycles. The quantitative estimate of drug-likeness (QED) is 0.472. The summed E-state index contributed by atoms with van der Waals surface area (Å²) in [6, 6.07) is -0.590. The third-order valence-corrected chi connectivity index (χ3v) is 3.11. The molecule has 0 rings (SSSR count). The van der Waals surface area contributed by atoms with Gasteiger partial charge in [0.05, 0.1) is 0 Å². The molecule has 0 aliphatic carbocycles. The predicted molar refractivity (Wildman–Crippen MR) is 86.9 cm³/mol. The number of esters is 1. The fourth-order valence-corrected chi connectivity index (χ4v) is 1.51. The zero-order chi connectivity index (χ0) is 17.8. The number of imide groups is 1. The van der Waals surface area contributed by atoms with Gasteiger partial charge in [-0.1, -0.05) is 27.2 Å². The highest BCUT2D eigenvalue weighted by molar-refractivity contribution is 5.97. The lowest BCUT2D eigenvalue weighted by atomic mass is 10.1. The molecule has 2 N–H and O–H groups in total. The van der Waals surface area contributed by atoms with Gasteiger partial charge in [-0.25, -0.2) is 9.59 Å². The third-order valence-electron chi connectivity index (χ3n) is 3.11. The Labute approximate surface area is 138 Å². The standard InChI is InChI=1S/C16H30N2O5/c1-6-7-9-17-16(21)18-14(19)12(4)23-15(20)13(5)22-10-8-11(2)3/h11-13H,6-10H2,1-5H3,(H2,17,18,19,21). The SMILES string of the molecule is CCCCNC(=O)NC(=O)C(C)OC(=O)C(C)OCCC(C)C. The van der Waals surface area contributed by atoms with Crippen LogP contribution in [0.2, 0.25) is 0 Å². The summed E-state index contributed by atoms with van der Waals surface area (Å²) in [6.07, 6.45) is 0.804. The molecule has 0 aromatic heterocycles. The molecule has 0 radical (unpaired) electrons. The fraction of sp³-hybridized carbons (Fsp3) is 0.812. The van der Waals surface area contributed by atoms with Crippen LogP contribution in [-0.2, 0) is 19.1 Å². The Morgan fingerprint density at radius 1 is 1.04 bits per heavy atom. The van der Waals surface area contributed by atoms with E-state index in [9.17, 15) is 14.4 Å². The summed E-state index contributed by atoms with van der Waals surface area (Å²) in [5.41, 5.74) is 0. The molecule has 0 fully saturated rings. The Kier molecular flexibility index (Phi) is 11.0. The smallest absolute Gasteiger partial charge is 0.335 e. The van der Waals surface area contributed by atoms with Crippen LogP contribution in [0.5, 0.6) is 0 Å². The Balaban J connectivity index is 4.09. The molecule has 2 unspecified atom stereocenters. The van der Waals surface area contributed by atoms with E-state index < -0.39 is 30.1 Å². The molecule has 134 valence electrons. The second-order valence-corrected chi connectivity index (χ2v) is 5.87. The molecule has 7 heteroatoms. The molecule has 0 saturated carbocycles. The van der Waals surface area contributed by atoms with E-state index in [-0.39, 0.29) is 0 Å². The first-order valence-electron chi connectivity index (χ1n) is 8.18. The van der Waals surface area contributed by atoms with Crippen LogP contribution < -0.4 is 10.6 Å². The molecular formula is C16H30N2O5. The van der Waals surface area contributed by atoms with E-state index in [1.165, 1.54) is 6.92 Å². The van der Waals surface area contributed by atoms with Crippen LogP contribution in [0.25, 0.3) is 0 Å². The van der Waals surface area contributed by atoms with Crippen molar-refractivity contribution in [1.82, 2.24) is 10.6 Å². The molecule has 0 heterocycles. The zero-order valence-corrected chi connectivity index (χ0v) is 14.8. The molecule has 23 heavy (non-hydrogen) atoms. The summed E-state index contributed by atoms with van der Waals surface area (Å²) in [7, 11) is 0. The van der Waals surface area contributed by atoms with E-state index in [0.29, 0.717) is 19.1 Å². The van der Waals surface area contributed by atoms with Gasteiger partial charge in [-0.15, -0.1) is 0 Å². The summed E-state index contributed by atoms with van der Waals surface area (Å²) >= 11 is 0. The summed E-state index contributed by atoms with van der Waals surface area (Å²) in [4.78, 5) is 35.0. The molecule has 0 saturated heterocycles. The number of rotatable bonds is 10. The van der Waals surface area contributed by atoms with Gasteiger partial charge < -0.3 is 14.8 Å². The normalized spacial score (nSPS) is 13.3. The number of carbonyl (C=O) groups excluding carboxylic acids is 3. The average molecular weight is 330 g/mol. The van der Waals surface area contributed by atoms with Crippen LogP contribution in [-0.4, -0.2) is 43.3 Å². The minimum Gasteiger partial charge on any atom is -0.451 e. The van der Waals surface area contributed by atoms with Crippen molar-refractivity contribution in [2.24, 2.45) is 5.92 Å². The number of ether oxygens (including phenoxy) is 2. The lowest BCUT2D eigenvalue weighted by Crippen LogP contribution is -2.45. The Hall–Kier alpha value is -1.63. The Morgan fingerprint density at radius 3 is 2.26 bits per heavy atom. The van der Waals surface area contributed by atoms with Crippen molar-refractivity contribution in [1.29, 1.82) is 0 Å². The number of urea groups is 1. The van der Waals surface area contributed by atoms with Gasteiger partial charge in [-0.05, 0) is 32.6 Å². The van der Waals surface area contributed by atoms with Gasteiger partial charge >= 0.3 is 12.0 Å². The first-order valence-corrected chi connectivity index (χ1v) is 8.18. The molecule has 0 aromatic carbocycles. The van der Waals surface area contributed by atoms with Crippen molar-refractivity contribution in [3.63, 3.8) is 0 Å². The van der Waals surface area contributed by atoms with E-state index in [1.807, 2.05) is 6.92 Å². The molecule has 0 bridgehead atoms. The van der Waals surface area contributed by atoms with Gasteiger partial charge in [-0.2, -0.15) is 0 Å². The molecule has 0 spiro atoms. The van der Waals surface area contributed by atoms with Gasteiger partial charge in [0.1, 0.15) is 0 Å². The molecule has 2 atom stereocenters. The van der Waals surface area contributed by atoms with Gasteiger partial charge in [-0.3, -0.25) is 10.1 Å². The first kappa shape index (κ1) is 21.4. The second kappa shape index (κ2) is 11.9. The van der Waals surface area contributed by atoms with Gasteiger partial charge in [0.2, 0.25) is 0 Å². The van der Waals surface area contributed by atoms with Crippen LogP contribution in [0.15, 0.2) is 0 Å².